The van der Waals surface area contributed by atoms with E-state index in [2.05, 4.69) is 33.0 Å². The molecule has 0 bridgehead atoms. The van der Waals surface area contributed by atoms with Crippen LogP contribution in [0.2, 0.25) is 0 Å². The van der Waals surface area contributed by atoms with Crippen molar-refractivity contribution in [3.8, 4) is 0 Å². The van der Waals surface area contributed by atoms with Gasteiger partial charge in [0.1, 0.15) is 0 Å². The summed E-state index contributed by atoms with van der Waals surface area (Å²) in [6.45, 7) is 5.32. The van der Waals surface area contributed by atoms with Gasteiger partial charge in [-0.25, -0.2) is 9.59 Å². The minimum atomic E-state index is -0.577. The van der Waals surface area contributed by atoms with Crippen molar-refractivity contribution >= 4 is 40.1 Å². The zero-order valence-electron chi connectivity index (χ0n) is 26.9. The normalized spacial score (nSPS) is 21.5. The highest BCUT2D eigenvalue weighted by atomic mass is 16.2. The number of quaternary nitrogens is 1. The Labute approximate surface area is 270 Å². The van der Waals surface area contributed by atoms with Crippen LogP contribution < -0.4 is 15.5 Å². The number of likely N-dealkylation sites (N-methyl/N-ethyl adjacent to an activating group) is 1. The Kier molecular flexibility index (Phi) is 8.70. The molecule has 11 nitrogen and oxygen atoms in total. The van der Waals surface area contributed by atoms with Gasteiger partial charge in [-0.15, -0.1) is 0 Å². The molecule has 0 aliphatic carbocycles. The zero-order valence-corrected chi connectivity index (χ0v) is 26.9. The molecule has 4 aliphatic heterocycles. The first-order chi connectivity index (χ1) is 22.4. The first kappa shape index (κ1) is 30.7. The summed E-state index contributed by atoms with van der Waals surface area (Å²) in [5, 5.41) is 14.7. The fraction of sp³-hybridized carbons (Fsp3) is 0.543. The number of aromatic amines is 1. The van der Waals surface area contributed by atoms with Gasteiger partial charge in [-0.05, 0) is 61.9 Å². The number of rotatable bonds is 7. The van der Waals surface area contributed by atoms with E-state index in [-0.39, 0.29) is 36.3 Å². The lowest BCUT2D eigenvalue weighted by Gasteiger charge is -2.48. The predicted octanol–water partition coefficient (Wildman–Crippen LogP) is 4.08. The number of hydrogen-bond donors (Lipinski definition) is 3. The number of fused-ring (bicyclic) bond motifs is 2. The molecule has 3 fully saturated rings. The number of nitrogens with zero attached hydrogens (tertiary/aromatic N) is 5. The van der Waals surface area contributed by atoms with Gasteiger partial charge in [-0.2, -0.15) is 5.10 Å². The molecule has 244 valence electrons. The molecule has 0 radical (unpaired) electrons. The van der Waals surface area contributed by atoms with Gasteiger partial charge in [0.05, 0.1) is 37.3 Å². The van der Waals surface area contributed by atoms with Gasteiger partial charge in [0.25, 0.3) is 0 Å². The highest BCUT2D eigenvalue weighted by Gasteiger charge is 2.50. The van der Waals surface area contributed by atoms with E-state index in [1.165, 1.54) is 0 Å². The molecule has 1 unspecified atom stereocenters. The fourth-order valence-corrected chi connectivity index (χ4v) is 8.40. The number of H-pyrrole nitrogens is 1. The van der Waals surface area contributed by atoms with Gasteiger partial charge in [0.15, 0.2) is 6.04 Å². The number of carbonyl (C=O) groups excluding carboxylic acids is 3. The predicted molar refractivity (Wildman–Crippen MR) is 178 cm³/mol. The van der Waals surface area contributed by atoms with Crippen LogP contribution in [0.1, 0.15) is 56.9 Å². The average Bonchev–Trinajstić information content (AvgIpc) is 3.59. The minimum absolute atomic E-state index is 0.0157. The van der Waals surface area contributed by atoms with Crippen molar-refractivity contribution in [1.82, 2.24) is 25.3 Å². The molecule has 3 aromatic rings. The molecule has 4 amide bonds. The van der Waals surface area contributed by atoms with E-state index in [0.717, 1.165) is 99.0 Å². The van der Waals surface area contributed by atoms with Crippen LogP contribution in [0.25, 0.3) is 10.9 Å². The van der Waals surface area contributed by atoms with Crippen LogP contribution in [-0.4, -0.2) is 107 Å². The second-order valence-corrected chi connectivity index (χ2v) is 13.7. The Balaban J connectivity index is 1.10. The number of urea groups is 1. The average molecular weight is 628 g/mol. The van der Waals surface area contributed by atoms with Crippen molar-refractivity contribution in [1.29, 1.82) is 0 Å². The largest absolute Gasteiger partial charge is 0.359 e. The van der Waals surface area contributed by atoms with Gasteiger partial charge in [-0.3, -0.25) is 14.4 Å². The van der Waals surface area contributed by atoms with Crippen LogP contribution in [0.5, 0.6) is 0 Å². The topological polar surface area (TPSA) is 114 Å². The van der Waals surface area contributed by atoms with Crippen LogP contribution in [0.15, 0.2) is 48.7 Å². The van der Waals surface area contributed by atoms with E-state index in [4.69, 9.17) is 0 Å². The molecular formula is C35H47N8O3+. The summed E-state index contributed by atoms with van der Waals surface area (Å²) in [7, 11) is 1.97. The lowest BCUT2D eigenvalue weighted by Crippen LogP contribution is -2.68. The Morgan fingerprint density at radius 3 is 2.57 bits per heavy atom. The monoisotopic (exact) mass is 627 g/mol. The Bertz CT molecular complexity index is 1570. The van der Waals surface area contributed by atoms with Gasteiger partial charge in [0, 0.05) is 75.4 Å². The number of benzene rings is 2. The van der Waals surface area contributed by atoms with Crippen molar-refractivity contribution in [3.63, 3.8) is 0 Å². The second-order valence-electron chi connectivity index (χ2n) is 13.7. The van der Waals surface area contributed by atoms with E-state index >= 15 is 4.79 Å². The van der Waals surface area contributed by atoms with E-state index < -0.39 is 6.04 Å². The van der Waals surface area contributed by atoms with Crippen molar-refractivity contribution in [3.05, 3.63) is 54.2 Å². The third-order valence-corrected chi connectivity index (χ3v) is 11.1. The van der Waals surface area contributed by atoms with Gasteiger partial charge < -0.3 is 25.3 Å². The maximum atomic E-state index is 15.0. The number of carbonyl (C=O) groups is 3. The first-order valence-corrected chi connectivity index (χ1v) is 17.1. The van der Waals surface area contributed by atoms with Crippen molar-refractivity contribution in [2.45, 2.75) is 76.0 Å². The molecular weight excluding hydrogens is 580 g/mol. The summed E-state index contributed by atoms with van der Waals surface area (Å²) in [5.41, 5.74) is 3.85. The number of piperidine rings is 3. The van der Waals surface area contributed by atoms with Crippen LogP contribution in [0.3, 0.4) is 0 Å². The van der Waals surface area contributed by atoms with Crippen LogP contribution in [0.4, 0.5) is 16.2 Å². The van der Waals surface area contributed by atoms with Crippen molar-refractivity contribution < 1.29 is 18.9 Å². The lowest BCUT2D eigenvalue weighted by atomic mass is 9.93. The maximum Gasteiger partial charge on any atom is 0.337 e. The molecule has 1 atom stereocenters. The quantitative estimate of drug-likeness (QED) is 0.341. The molecule has 2 aromatic carbocycles. The highest BCUT2D eigenvalue weighted by molar-refractivity contribution is 5.93. The van der Waals surface area contributed by atoms with E-state index in [1.54, 1.807) is 6.20 Å². The van der Waals surface area contributed by atoms with Gasteiger partial charge in [0.2, 0.25) is 5.91 Å². The highest BCUT2D eigenvalue weighted by Crippen LogP contribution is 2.33. The molecule has 1 aromatic heterocycles. The zero-order chi connectivity index (χ0) is 31.7. The lowest BCUT2D eigenvalue weighted by molar-refractivity contribution is -0.886. The SMILES string of the molecule is CN(c1ccc2[nH]ncc2c1)C(CC(=O)N1CCC(N2Cc3ccccc3NC2=O)CC1)C(=O)[N+]1(C2CCNCC2)CCCCC1. The molecule has 4 aliphatic rings. The molecule has 3 saturated heterocycles. The van der Waals surface area contributed by atoms with Crippen LogP contribution in [-0.2, 0) is 16.1 Å². The Morgan fingerprint density at radius 1 is 1.02 bits per heavy atom. The number of nitrogens with one attached hydrogen (secondary N) is 3. The van der Waals surface area contributed by atoms with Crippen molar-refractivity contribution in [2.24, 2.45) is 0 Å². The van der Waals surface area contributed by atoms with Crippen LogP contribution >= 0.6 is 0 Å². The number of hydrogen-bond acceptors (Lipinski definition) is 6. The summed E-state index contributed by atoms with van der Waals surface area (Å²) < 4.78 is 0.492. The van der Waals surface area contributed by atoms with E-state index in [0.29, 0.717) is 24.1 Å². The number of amides is 4. The number of anilines is 2. The molecule has 5 heterocycles. The molecule has 3 N–H and O–H groups in total. The summed E-state index contributed by atoms with van der Waals surface area (Å²) >= 11 is 0. The minimum Gasteiger partial charge on any atom is -0.359 e. The molecule has 46 heavy (non-hydrogen) atoms. The first-order valence-electron chi connectivity index (χ1n) is 17.1. The van der Waals surface area contributed by atoms with E-state index in [1.807, 2.05) is 52.1 Å². The summed E-state index contributed by atoms with van der Waals surface area (Å²) in [5.74, 6) is 0.204. The molecule has 0 saturated carbocycles. The van der Waals surface area contributed by atoms with Crippen LogP contribution in [0, 0.1) is 0 Å². The third-order valence-electron chi connectivity index (χ3n) is 11.1. The van der Waals surface area contributed by atoms with Gasteiger partial charge >= 0.3 is 11.9 Å². The summed E-state index contributed by atoms with van der Waals surface area (Å²) in [6, 6.07) is 13.7. The number of aromatic nitrogens is 2. The Morgan fingerprint density at radius 2 is 1.78 bits per heavy atom. The second kappa shape index (κ2) is 13.0. The molecule has 11 heteroatoms. The Hall–Kier alpha value is -3.96. The van der Waals surface area contributed by atoms with Crippen molar-refractivity contribution in [2.75, 3.05) is 56.5 Å². The standard InChI is InChI=1S/C35H46N8O3/c1-40(28-9-10-31-26(21-28)23-37-39-31)32(34(45)43(19-5-2-6-20-43)29-11-15-36-16-12-29)22-33(44)41-17-13-27(14-18-41)42-24-25-7-3-4-8-30(25)38-35(42)46/h3-4,7-10,21,23,27,29,32,36H,2,5-6,11-20,22,24H2,1H3,(H-,37,38,39,46)/p+1. The third kappa shape index (κ3) is 5.86. The van der Waals surface area contributed by atoms with E-state index in [9.17, 15) is 9.59 Å². The number of para-hydroxylation sites is 1. The maximum absolute atomic E-state index is 15.0. The number of likely N-dealkylation sites (tertiary alicyclic amines) is 2. The smallest absolute Gasteiger partial charge is 0.337 e. The fourth-order valence-electron chi connectivity index (χ4n) is 8.40. The molecule has 7 rings (SSSR count). The summed E-state index contributed by atoms with van der Waals surface area (Å²) in [6.07, 6.45) is 8.61. The molecule has 0 spiro atoms. The summed E-state index contributed by atoms with van der Waals surface area (Å²) in [4.78, 5) is 48.0. The van der Waals surface area contributed by atoms with Gasteiger partial charge in [-0.1, -0.05) is 18.2 Å².